The van der Waals surface area contributed by atoms with Gasteiger partial charge in [0.15, 0.2) is 0 Å². The molecule has 1 heterocycles. The van der Waals surface area contributed by atoms with E-state index in [1.54, 1.807) is 6.92 Å². The molecule has 8 heteroatoms. The van der Waals surface area contributed by atoms with Crippen molar-refractivity contribution in [1.82, 2.24) is 4.31 Å². The van der Waals surface area contributed by atoms with Crippen molar-refractivity contribution in [3.63, 3.8) is 0 Å². The molecule has 3 N–H and O–H groups in total. The predicted octanol–water partition coefficient (Wildman–Crippen LogP) is 1.45. The van der Waals surface area contributed by atoms with E-state index < -0.39 is 21.9 Å². The second-order valence-electron chi connectivity index (χ2n) is 5.00. The maximum absolute atomic E-state index is 13.3. The molecular weight excluding hydrogens is 307 g/mol. The molecule has 0 saturated carbocycles. The fraction of sp³-hybridized carbons (Fsp3) is 0.500. The Bertz CT molecular complexity index is 623. The molecule has 0 amide bonds. The lowest BCUT2D eigenvalue weighted by atomic mass is 9.99. The number of hydrogen-bond donors (Lipinski definition) is 2. The van der Waals surface area contributed by atoms with E-state index >= 15 is 0 Å². The van der Waals surface area contributed by atoms with Crippen LogP contribution >= 0.6 is 11.6 Å². The van der Waals surface area contributed by atoms with Crippen molar-refractivity contribution in [1.29, 1.82) is 0 Å². The molecule has 1 aromatic carbocycles. The van der Waals surface area contributed by atoms with E-state index in [0.717, 1.165) is 12.1 Å². The molecule has 0 bridgehead atoms. The second kappa shape index (κ2) is 5.48. The van der Waals surface area contributed by atoms with Gasteiger partial charge in [-0.05, 0) is 24.5 Å². The van der Waals surface area contributed by atoms with E-state index in [2.05, 4.69) is 0 Å². The Kier molecular flexibility index (Phi) is 4.24. The Labute approximate surface area is 122 Å². The summed E-state index contributed by atoms with van der Waals surface area (Å²) in [6, 6.07) is 1.93. The van der Waals surface area contributed by atoms with Crippen LogP contribution in [0.1, 0.15) is 13.3 Å². The minimum Gasteiger partial charge on any atom is -0.396 e. The summed E-state index contributed by atoms with van der Waals surface area (Å²) in [7, 11) is -3.84. The zero-order chi connectivity index (χ0) is 15.1. The molecule has 2 rings (SSSR count). The molecule has 1 saturated heterocycles. The molecule has 20 heavy (non-hydrogen) atoms. The molecular formula is C12H16ClFN2O3S. The fourth-order valence-electron chi connectivity index (χ4n) is 2.19. The van der Waals surface area contributed by atoms with Crippen molar-refractivity contribution in [2.24, 2.45) is 5.92 Å². The van der Waals surface area contributed by atoms with Crippen LogP contribution in [0.4, 0.5) is 10.1 Å². The summed E-state index contributed by atoms with van der Waals surface area (Å²) in [6.07, 6.45) is -0.162. The second-order valence-corrected chi connectivity index (χ2v) is 7.31. The zero-order valence-electron chi connectivity index (χ0n) is 10.9. The maximum Gasteiger partial charge on any atom is 0.244 e. The van der Waals surface area contributed by atoms with Gasteiger partial charge in [0.2, 0.25) is 10.0 Å². The Morgan fingerprint density at radius 2 is 2.15 bits per heavy atom. The number of nitrogen functional groups attached to an aromatic ring is 1. The van der Waals surface area contributed by atoms with Gasteiger partial charge in [-0.1, -0.05) is 18.5 Å². The molecule has 0 spiro atoms. The van der Waals surface area contributed by atoms with Gasteiger partial charge in [-0.3, -0.25) is 0 Å². The number of sulfonamides is 1. The first-order valence-corrected chi connectivity index (χ1v) is 7.98. The van der Waals surface area contributed by atoms with E-state index in [4.69, 9.17) is 17.3 Å². The maximum atomic E-state index is 13.3. The van der Waals surface area contributed by atoms with Gasteiger partial charge in [0.05, 0.1) is 16.8 Å². The van der Waals surface area contributed by atoms with Crippen LogP contribution in [0.15, 0.2) is 17.0 Å². The lowest BCUT2D eigenvalue weighted by Crippen LogP contribution is -2.44. The standard InChI is InChI=1S/C12H16ClFN2O3S/c1-7-6-16(3-2-11(7)17)20(18,19)12-5-10(15)9(14)4-8(12)13/h4-5,7,11,17H,2-3,6,15H2,1H3. The van der Waals surface area contributed by atoms with E-state index in [9.17, 15) is 17.9 Å². The van der Waals surface area contributed by atoms with Crippen LogP contribution in [-0.4, -0.2) is 37.0 Å². The number of aliphatic hydroxyl groups is 1. The molecule has 5 nitrogen and oxygen atoms in total. The van der Waals surface area contributed by atoms with Crippen molar-refractivity contribution in [2.75, 3.05) is 18.8 Å². The summed E-state index contributed by atoms with van der Waals surface area (Å²) in [5.41, 5.74) is 5.14. The highest BCUT2D eigenvalue weighted by Crippen LogP contribution is 2.31. The minimum atomic E-state index is -3.84. The SMILES string of the molecule is CC1CN(S(=O)(=O)c2cc(N)c(F)cc2Cl)CCC1O. The number of halogens is 2. The third-order valence-electron chi connectivity index (χ3n) is 3.49. The number of rotatable bonds is 2. The lowest BCUT2D eigenvalue weighted by molar-refractivity contribution is 0.0628. The molecule has 0 aromatic heterocycles. The number of aliphatic hydroxyl groups excluding tert-OH is 1. The van der Waals surface area contributed by atoms with Gasteiger partial charge in [-0.25, -0.2) is 12.8 Å². The summed E-state index contributed by atoms with van der Waals surface area (Å²) >= 11 is 5.82. The first-order valence-electron chi connectivity index (χ1n) is 6.16. The molecule has 1 aromatic rings. The quantitative estimate of drug-likeness (QED) is 0.807. The average molecular weight is 323 g/mol. The normalized spacial score (nSPS) is 24.8. The number of benzene rings is 1. The van der Waals surface area contributed by atoms with Crippen molar-refractivity contribution in [2.45, 2.75) is 24.3 Å². The Balaban J connectivity index is 2.38. The lowest BCUT2D eigenvalue weighted by Gasteiger charge is -2.33. The topological polar surface area (TPSA) is 83.6 Å². The van der Waals surface area contributed by atoms with E-state index in [-0.39, 0.29) is 34.6 Å². The monoisotopic (exact) mass is 322 g/mol. The van der Waals surface area contributed by atoms with Crippen LogP contribution in [0, 0.1) is 11.7 Å². The third-order valence-corrected chi connectivity index (χ3v) is 5.82. The highest BCUT2D eigenvalue weighted by Gasteiger charge is 2.34. The molecule has 2 unspecified atom stereocenters. The van der Waals surface area contributed by atoms with Crippen LogP contribution in [0.25, 0.3) is 0 Å². The van der Waals surface area contributed by atoms with Crippen molar-refractivity contribution in [3.05, 3.63) is 23.0 Å². The Morgan fingerprint density at radius 1 is 1.50 bits per heavy atom. The largest absolute Gasteiger partial charge is 0.396 e. The van der Waals surface area contributed by atoms with Crippen LogP contribution in [-0.2, 0) is 10.0 Å². The van der Waals surface area contributed by atoms with Gasteiger partial charge in [0, 0.05) is 13.1 Å². The van der Waals surface area contributed by atoms with Gasteiger partial charge in [0.1, 0.15) is 10.7 Å². The smallest absolute Gasteiger partial charge is 0.244 e. The van der Waals surface area contributed by atoms with E-state index in [0.29, 0.717) is 6.42 Å². The molecule has 0 radical (unpaired) electrons. The summed E-state index contributed by atoms with van der Waals surface area (Å²) in [6.45, 7) is 2.16. The predicted molar refractivity (Wildman–Crippen MR) is 74.4 cm³/mol. The highest BCUT2D eigenvalue weighted by atomic mass is 35.5. The molecule has 112 valence electrons. The van der Waals surface area contributed by atoms with Crippen LogP contribution < -0.4 is 5.73 Å². The summed E-state index contributed by atoms with van der Waals surface area (Å²) in [4.78, 5) is -0.207. The van der Waals surface area contributed by atoms with Crippen molar-refractivity contribution >= 4 is 27.3 Å². The molecule has 1 fully saturated rings. The Morgan fingerprint density at radius 3 is 2.75 bits per heavy atom. The first-order chi connectivity index (χ1) is 9.23. The third kappa shape index (κ3) is 2.76. The van der Waals surface area contributed by atoms with Gasteiger partial charge in [0.25, 0.3) is 0 Å². The molecule has 1 aliphatic rings. The number of hydrogen-bond acceptors (Lipinski definition) is 4. The fourth-order valence-corrected chi connectivity index (χ4v) is 4.27. The minimum absolute atomic E-state index is 0.171. The van der Waals surface area contributed by atoms with Crippen LogP contribution in [0.3, 0.4) is 0 Å². The van der Waals surface area contributed by atoms with Crippen molar-refractivity contribution < 1.29 is 17.9 Å². The average Bonchev–Trinajstić information content (AvgIpc) is 2.36. The summed E-state index contributed by atoms with van der Waals surface area (Å²) in [5, 5.41) is 9.45. The Hall–Kier alpha value is -0.890. The summed E-state index contributed by atoms with van der Waals surface area (Å²) < 4.78 is 39.5. The van der Waals surface area contributed by atoms with Gasteiger partial charge < -0.3 is 10.8 Å². The number of anilines is 1. The highest BCUT2D eigenvalue weighted by molar-refractivity contribution is 7.89. The number of nitrogens with two attached hydrogens (primary N) is 1. The molecule has 1 aliphatic heterocycles. The summed E-state index contributed by atoms with van der Waals surface area (Å²) in [5.74, 6) is -0.925. The number of nitrogens with zero attached hydrogens (tertiary/aromatic N) is 1. The van der Waals surface area contributed by atoms with E-state index in [1.165, 1.54) is 4.31 Å². The van der Waals surface area contributed by atoms with Gasteiger partial charge in [-0.15, -0.1) is 0 Å². The van der Waals surface area contributed by atoms with Gasteiger partial charge in [-0.2, -0.15) is 4.31 Å². The van der Waals surface area contributed by atoms with E-state index in [1.807, 2.05) is 0 Å². The van der Waals surface area contributed by atoms with Gasteiger partial charge >= 0.3 is 0 Å². The van der Waals surface area contributed by atoms with Crippen molar-refractivity contribution in [3.8, 4) is 0 Å². The first kappa shape index (κ1) is 15.5. The molecule has 2 atom stereocenters. The zero-order valence-corrected chi connectivity index (χ0v) is 12.5. The molecule has 0 aliphatic carbocycles. The van der Waals surface area contributed by atoms with Crippen LogP contribution in [0.5, 0.6) is 0 Å². The number of piperidine rings is 1. The van der Waals surface area contributed by atoms with Crippen LogP contribution in [0.2, 0.25) is 5.02 Å².